The van der Waals surface area contributed by atoms with Crippen molar-refractivity contribution in [2.75, 3.05) is 12.4 Å². The van der Waals surface area contributed by atoms with Crippen LogP contribution in [0.2, 0.25) is 0 Å². The highest BCUT2D eigenvalue weighted by Gasteiger charge is 2.10. The zero-order valence-electron chi connectivity index (χ0n) is 13.9. The van der Waals surface area contributed by atoms with Gasteiger partial charge in [0, 0.05) is 7.05 Å². The van der Waals surface area contributed by atoms with Crippen LogP contribution in [0, 0.1) is 17.8 Å². The highest BCUT2D eigenvalue weighted by molar-refractivity contribution is 5.67. The van der Waals surface area contributed by atoms with E-state index in [0.29, 0.717) is 11.4 Å². The number of hydrogen-bond donors (Lipinski definition) is 1. The standard InChI is InChI=1S/C21H19FN2/c1-3-15-8-9-18-13-16(14-19(18)12-15)6-4-5-7-17-10-11-20(23-2)24-21(17)22/h4,6,8-12,14H,3,13H2,1-2H3,(H,23,24)/b6-4+. The van der Waals surface area contributed by atoms with Crippen molar-refractivity contribution < 1.29 is 4.39 Å². The summed E-state index contributed by atoms with van der Waals surface area (Å²) < 4.78 is 13.7. The summed E-state index contributed by atoms with van der Waals surface area (Å²) >= 11 is 0. The molecule has 0 aliphatic heterocycles. The van der Waals surface area contributed by atoms with Gasteiger partial charge in [-0.15, -0.1) is 0 Å². The average molecular weight is 318 g/mol. The van der Waals surface area contributed by atoms with Gasteiger partial charge < -0.3 is 5.32 Å². The third-order valence-electron chi connectivity index (χ3n) is 4.05. The van der Waals surface area contributed by atoms with Gasteiger partial charge in [0.2, 0.25) is 5.95 Å². The smallest absolute Gasteiger partial charge is 0.230 e. The first-order valence-corrected chi connectivity index (χ1v) is 8.04. The van der Waals surface area contributed by atoms with Crippen molar-refractivity contribution in [2.24, 2.45) is 0 Å². The maximum Gasteiger partial charge on any atom is 0.230 e. The first-order valence-electron chi connectivity index (χ1n) is 8.04. The van der Waals surface area contributed by atoms with Crippen LogP contribution < -0.4 is 5.32 Å². The molecule has 1 N–H and O–H groups in total. The molecule has 0 saturated carbocycles. The van der Waals surface area contributed by atoms with Crippen molar-refractivity contribution >= 4 is 11.9 Å². The fourth-order valence-corrected chi connectivity index (χ4v) is 2.67. The Morgan fingerprint density at radius 3 is 2.92 bits per heavy atom. The van der Waals surface area contributed by atoms with Crippen LogP contribution in [-0.2, 0) is 12.8 Å². The summed E-state index contributed by atoms with van der Waals surface area (Å²) in [4.78, 5) is 3.78. The monoisotopic (exact) mass is 318 g/mol. The van der Waals surface area contributed by atoms with E-state index in [2.05, 4.69) is 53.3 Å². The third-order valence-corrected chi connectivity index (χ3v) is 4.05. The predicted octanol–water partition coefficient (Wildman–Crippen LogP) is 4.37. The summed E-state index contributed by atoms with van der Waals surface area (Å²) in [5, 5.41) is 2.80. The van der Waals surface area contributed by atoms with Gasteiger partial charge in [0.15, 0.2) is 0 Å². The highest BCUT2D eigenvalue weighted by Crippen LogP contribution is 2.26. The third kappa shape index (κ3) is 3.55. The van der Waals surface area contributed by atoms with Crippen LogP contribution in [0.5, 0.6) is 0 Å². The molecule has 0 saturated heterocycles. The van der Waals surface area contributed by atoms with Crippen LogP contribution in [0.25, 0.3) is 6.08 Å². The normalized spacial score (nSPS) is 12.5. The quantitative estimate of drug-likeness (QED) is 0.671. The molecule has 2 nitrogen and oxygen atoms in total. The minimum Gasteiger partial charge on any atom is -0.373 e. The van der Waals surface area contributed by atoms with E-state index < -0.39 is 5.95 Å². The van der Waals surface area contributed by atoms with Gasteiger partial charge in [-0.2, -0.15) is 4.39 Å². The Bertz CT molecular complexity index is 882. The Morgan fingerprint density at radius 1 is 1.29 bits per heavy atom. The summed E-state index contributed by atoms with van der Waals surface area (Å²) in [7, 11) is 1.70. The number of hydrogen-bond acceptors (Lipinski definition) is 2. The molecule has 24 heavy (non-hydrogen) atoms. The van der Waals surface area contributed by atoms with E-state index in [4.69, 9.17) is 0 Å². The number of fused-ring (bicyclic) bond motifs is 1. The van der Waals surface area contributed by atoms with E-state index >= 15 is 0 Å². The lowest BCUT2D eigenvalue weighted by Crippen LogP contribution is -1.96. The maximum absolute atomic E-state index is 13.7. The molecule has 0 bridgehead atoms. The molecule has 1 aromatic carbocycles. The minimum atomic E-state index is -0.553. The van der Waals surface area contributed by atoms with E-state index in [9.17, 15) is 4.39 Å². The Labute approximate surface area is 142 Å². The molecule has 0 radical (unpaired) electrons. The van der Waals surface area contributed by atoms with Crippen LogP contribution >= 0.6 is 0 Å². The lowest BCUT2D eigenvalue weighted by atomic mass is 10.0. The molecule has 0 amide bonds. The number of nitrogens with zero attached hydrogens (tertiary/aromatic N) is 1. The van der Waals surface area contributed by atoms with Crippen LogP contribution in [0.4, 0.5) is 10.2 Å². The molecule has 120 valence electrons. The zero-order chi connectivity index (χ0) is 16.9. The molecule has 0 unspecified atom stereocenters. The second-order valence-corrected chi connectivity index (χ2v) is 5.67. The van der Waals surface area contributed by atoms with Gasteiger partial charge in [-0.1, -0.05) is 49.1 Å². The predicted molar refractivity (Wildman–Crippen MR) is 97.3 cm³/mol. The SMILES string of the molecule is CCc1ccc2c(c1)C=C(/C=C/C#Cc1ccc(NC)nc1F)C2. The molecule has 0 spiro atoms. The highest BCUT2D eigenvalue weighted by atomic mass is 19.1. The first kappa shape index (κ1) is 16.0. The number of pyridine rings is 1. The zero-order valence-corrected chi connectivity index (χ0v) is 13.9. The van der Waals surface area contributed by atoms with Gasteiger partial charge in [0.25, 0.3) is 0 Å². The van der Waals surface area contributed by atoms with Crippen LogP contribution in [-0.4, -0.2) is 12.0 Å². The fourth-order valence-electron chi connectivity index (χ4n) is 2.67. The molecule has 2 aromatic rings. The molecular formula is C21H19FN2. The summed E-state index contributed by atoms with van der Waals surface area (Å²) in [6.45, 7) is 2.16. The van der Waals surface area contributed by atoms with Gasteiger partial charge in [-0.05, 0) is 53.3 Å². The number of anilines is 1. The number of aromatic nitrogens is 1. The number of rotatable bonds is 3. The Kier molecular flexibility index (Phi) is 4.77. The van der Waals surface area contributed by atoms with Gasteiger partial charge >= 0.3 is 0 Å². The van der Waals surface area contributed by atoms with E-state index in [-0.39, 0.29) is 0 Å². The summed E-state index contributed by atoms with van der Waals surface area (Å²) in [5.74, 6) is 5.62. The van der Waals surface area contributed by atoms with Crippen molar-refractivity contribution in [3.8, 4) is 11.8 Å². The molecular weight excluding hydrogens is 299 g/mol. The largest absolute Gasteiger partial charge is 0.373 e. The van der Waals surface area contributed by atoms with Gasteiger partial charge in [0.05, 0.1) is 5.56 Å². The summed E-state index contributed by atoms with van der Waals surface area (Å²) in [6, 6.07) is 9.96. The average Bonchev–Trinajstić information content (AvgIpc) is 3.01. The first-order chi connectivity index (χ1) is 11.7. The Hall–Kier alpha value is -2.86. The lowest BCUT2D eigenvalue weighted by Gasteiger charge is -2.00. The van der Waals surface area contributed by atoms with Crippen molar-refractivity contribution in [3.05, 3.63) is 76.3 Å². The molecule has 3 rings (SSSR count). The van der Waals surface area contributed by atoms with Crippen LogP contribution in [0.15, 0.2) is 48.1 Å². The van der Waals surface area contributed by atoms with Crippen molar-refractivity contribution in [1.29, 1.82) is 0 Å². The molecule has 1 aromatic heterocycles. The topological polar surface area (TPSA) is 24.9 Å². The van der Waals surface area contributed by atoms with Crippen molar-refractivity contribution in [2.45, 2.75) is 19.8 Å². The fraction of sp³-hybridized carbons (Fsp3) is 0.190. The summed E-state index contributed by atoms with van der Waals surface area (Å²) in [6.07, 6.45) is 7.92. The number of halogens is 1. The van der Waals surface area contributed by atoms with Gasteiger partial charge in [0.1, 0.15) is 5.82 Å². The van der Waals surface area contributed by atoms with E-state index in [1.807, 2.05) is 6.08 Å². The van der Waals surface area contributed by atoms with E-state index in [1.165, 1.54) is 22.3 Å². The molecule has 3 heteroatoms. The minimum absolute atomic E-state index is 0.301. The van der Waals surface area contributed by atoms with Gasteiger partial charge in [-0.25, -0.2) is 4.98 Å². The molecule has 0 fully saturated rings. The number of benzene rings is 1. The summed E-state index contributed by atoms with van der Waals surface area (Å²) in [5.41, 5.74) is 5.51. The molecule has 1 heterocycles. The number of nitrogens with one attached hydrogen (secondary N) is 1. The van der Waals surface area contributed by atoms with E-state index in [0.717, 1.165) is 12.8 Å². The second kappa shape index (κ2) is 7.14. The van der Waals surface area contributed by atoms with Crippen LogP contribution in [0.1, 0.15) is 29.2 Å². The number of allylic oxidation sites excluding steroid dienone is 3. The van der Waals surface area contributed by atoms with Crippen molar-refractivity contribution in [3.63, 3.8) is 0 Å². The van der Waals surface area contributed by atoms with Crippen molar-refractivity contribution in [1.82, 2.24) is 4.98 Å². The second-order valence-electron chi connectivity index (χ2n) is 5.67. The molecule has 1 aliphatic rings. The lowest BCUT2D eigenvalue weighted by molar-refractivity contribution is 0.582. The van der Waals surface area contributed by atoms with E-state index in [1.54, 1.807) is 25.3 Å². The molecule has 1 aliphatic carbocycles. The Balaban J connectivity index is 1.70. The molecule has 0 atom stereocenters. The van der Waals surface area contributed by atoms with Gasteiger partial charge in [-0.3, -0.25) is 0 Å². The Morgan fingerprint density at radius 2 is 2.17 bits per heavy atom. The van der Waals surface area contributed by atoms with Crippen LogP contribution in [0.3, 0.4) is 0 Å². The number of aryl methyl sites for hydroxylation is 1. The maximum atomic E-state index is 13.7.